The predicted octanol–water partition coefficient (Wildman–Crippen LogP) is 5.80. The molecular weight excluding hydrogens is 398 g/mol. The first-order valence-corrected chi connectivity index (χ1v) is 9.20. The van der Waals surface area contributed by atoms with E-state index in [9.17, 15) is 26.3 Å². The number of alkyl halides is 6. The predicted molar refractivity (Wildman–Crippen MR) is 95.7 cm³/mol. The summed E-state index contributed by atoms with van der Waals surface area (Å²) in [6.45, 7) is 3.04. The van der Waals surface area contributed by atoms with Gasteiger partial charge in [-0.25, -0.2) is 4.98 Å². The van der Waals surface area contributed by atoms with Gasteiger partial charge in [-0.15, -0.1) is 0 Å². The van der Waals surface area contributed by atoms with E-state index in [4.69, 9.17) is 4.74 Å². The van der Waals surface area contributed by atoms with Gasteiger partial charge in [0.25, 0.3) is 0 Å². The van der Waals surface area contributed by atoms with Gasteiger partial charge in [0.15, 0.2) is 0 Å². The Balaban J connectivity index is 1.65. The maximum atomic E-state index is 12.7. The molecule has 1 fully saturated rings. The van der Waals surface area contributed by atoms with Crippen LogP contribution < -0.4 is 9.64 Å². The fourth-order valence-corrected chi connectivity index (χ4v) is 3.40. The number of hydrogen-bond acceptors (Lipinski definition) is 3. The van der Waals surface area contributed by atoms with E-state index >= 15 is 0 Å². The third kappa shape index (κ3) is 5.13. The van der Waals surface area contributed by atoms with E-state index < -0.39 is 23.5 Å². The maximum absolute atomic E-state index is 12.7. The molecule has 0 bridgehead atoms. The number of benzene rings is 1. The molecule has 1 saturated heterocycles. The minimum atomic E-state index is -4.43. The van der Waals surface area contributed by atoms with E-state index in [0.717, 1.165) is 30.8 Å². The van der Waals surface area contributed by atoms with Gasteiger partial charge in [0.2, 0.25) is 0 Å². The lowest BCUT2D eigenvalue weighted by atomic mass is 9.92. The van der Waals surface area contributed by atoms with E-state index in [-0.39, 0.29) is 12.0 Å². The average Bonchev–Trinajstić information content (AvgIpc) is 2.67. The van der Waals surface area contributed by atoms with Crippen LogP contribution in [0.25, 0.3) is 0 Å². The molecule has 1 aromatic heterocycles. The highest BCUT2D eigenvalue weighted by molar-refractivity contribution is 5.40. The number of halogens is 6. The first-order chi connectivity index (χ1) is 13.6. The Morgan fingerprint density at radius 3 is 2.10 bits per heavy atom. The number of ether oxygens (including phenoxy) is 1. The van der Waals surface area contributed by atoms with E-state index in [0.29, 0.717) is 31.1 Å². The molecular formula is C20H20F6N2O. The number of nitrogens with zero attached hydrogens (tertiary/aromatic N) is 2. The van der Waals surface area contributed by atoms with Gasteiger partial charge < -0.3 is 9.64 Å². The highest BCUT2D eigenvalue weighted by Crippen LogP contribution is 2.33. The van der Waals surface area contributed by atoms with Crippen LogP contribution in [0.15, 0.2) is 42.6 Å². The molecule has 2 atom stereocenters. The molecule has 0 unspecified atom stereocenters. The van der Waals surface area contributed by atoms with Gasteiger partial charge >= 0.3 is 12.4 Å². The molecule has 0 radical (unpaired) electrons. The average molecular weight is 418 g/mol. The number of piperidine rings is 1. The van der Waals surface area contributed by atoms with Gasteiger partial charge in [-0.3, -0.25) is 0 Å². The Morgan fingerprint density at radius 1 is 0.966 bits per heavy atom. The van der Waals surface area contributed by atoms with E-state index in [1.54, 1.807) is 0 Å². The first-order valence-electron chi connectivity index (χ1n) is 9.20. The third-order valence-corrected chi connectivity index (χ3v) is 5.06. The number of hydrogen-bond donors (Lipinski definition) is 0. The number of rotatable bonds is 4. The maximum Gasteiger partial charge on any atom is 0.417 e. The molecule has 1 aliphatic rings. The van der Waals surface area contributed by atoms with Gasteiger partial charge in [-0.1, -0.05) is 6.92 Å². The summed E-state index contributed by atoms with van der Waals surface area (Å²) in [5.41, 5.74) is -1.53. The van der Waals surface area contributed by atoms with Crippen LogP contribution in [0.5, 0.6) is 5.75 Å². The molecule has 3 rings (SSSR count). The van der Waals surface area contributed by atoms with Crippen LogP contribution in [0.2, 0.25) is 0 Å². The molecule has 3 nitrogen and oxygen atoms in total. The van der Waals surface area contributed by atoms with Crippen molar-refractivity contribution in [3.63, 3.8) is 0 Å². The quantitative estimate of drug-likeness (QED) is 0.587. The van der Waals surface area contributed by atoms with Crippen molar-refractivity contribution in [2.75, 3.05) is 18.0 Å². The van der Waals surface area contributed by atoms with E-state index in [2.05, 4.69) is 4.98 Å². The van der Waals surface area contributed by atoms with Crippen LogP contribution in [0.4, 0.5) is 32.2 Å². The highest BCUT2D eigenvalue weighted by atomic mass is 19.4. The Hall–Kier alpha value is -2.45. The molecule has 2 heterocycles. The fraction of sp³-hybridized carbons (Fsp3) is 0.450. The molecule has 1 aromatic carbocycles. The molecule has 2 aromatic rings. The number of pyridine rings is 1. The second-order valence-electron chi connectivity index (χ2n) is 6.98. The first kappa shape index (κ1) is 21.3. The van der Waals surface area contributed by atoms with E-state index in [1.807, 2.05) is 11.8 Å². The van der Waals surface area contributed by atoms with Crippen molar-refractivity contribution >= 4 is 5.82 Å². The zero-order valence-corrected chi connectivity index (χ0v) is 15.6. The van der Waals surface area contributed by atoms with Crippen molar-refractivity contribution in [3.05, 3.63) is 53.7 Å². The standard InChI is InChI=1S/C20H20F6N2O/c1-2-13-12-28(18-8-5-15(11-27-18)20(24,25)26)10-9-17(13)29-16-6-3-14(4-7-16)19(21,22)23/h3-8,11,13,17H,2,9-10,12H2,1H3/t13-,17+/m0/s1. The van der Waals surface area contributed by atoms with Crippen molar-refractivity contribution in [3.8, 4) is 5.75 Å². The molecule has 158 valence electrons. The van der Waals surface area contributed by atoms with Crippen molar-refractivity contribution in [2.24, 2.45) is 5.92 Å². The Labute approximate surface area is 164 Å². The molecule has 29 heavy (non-hydrogen) atoms. The summed E-state index contributed by atoms with van der Waals surface area (Å²) >= 11 is 0. The zero-order valence-electron chi connectivity index (χ0n) is 15.6. The lowest BCUT2D eigenvalue weighted by Gasteiger charge is -2.39. The second-order valence-corrected chi connectivity index (χ2v) is 6.98. The highest BCUT2D eigenvalue weighted by Gasteiger charge is 2.33. The Bertz CT molecular complexity index is 802. The van der Waals surface area contributed by atoms with Gasteiger partial charge in [0.05, 0.1) is 11.1 Å². The molecule has 0 N–H and O–H groups in total. The topological polar surface area (TPSA) is 25.4 Å². The summed E-state index contributed by atoms with van der Waals surface area (Å²) in [5.74, 6) is 0.891. The number of aromatic nitrogens is 1. The normalized spacial score (nSPS) is 20.6. The van der Waals surface area contributed by atoms with Gasteiger partial charge in [0.1, 0.15) is 17.7 Å². The Kier molecular flexibility index (Phi) is 5.95. The molecule has 0 aliphatic carbocycles. The fourth-order valence-electron chi connectivity index (χ4n) is 3.40. The summed E-state index contributed by atoms with van der Waals surface area (Å²) in [5, 5.41) is 0. The van der Waals surface area contributed by atoms with Crippen LogP contribution in [0.1, 0.15) is 30.9 Å². The summed E-state index contributed by atoms with van der Waals surface area (Å²) in [7, 11) is 0. The van der Waals surface area contributed by atoms with Gasteiger partial charge in [-0.05, 0) is 42.8 Å². The summed E-state index contributed by atoms with van der Waals surface area (Å²) < 4.78 is 82.0. The van der Waals surface area contributed by atoms with E-state index in [1.165, 1.54) is 18.2 Å². The summed E-state index contributed by atoms with van der Waals surface area (Å²) in [6.07, 6.45) is -6.86. The van der Waals surface area contributed by atoms with Gasteiger partial charge in [-0.2, -0.15) is 26.3 Å². The van der Waals surface area contributed by atoms with Crippen molar-refractivity contribution in [1.82, 2.24) is 4.98 Å². The van der Waals surface area contributed by atoms with Crippen LogP contribution >= 0.6 is 0 Å². The smallest absolute Gasteiger partial charge is 0.417 e. The molecule has 9 heteroatoms. The molecule has 0 spiro atoms. The lowest BCUT2D eigenvalue weighted by molar-refractivity contribution is -0.138. The largest absolute Gasteiger partial charge is 0.490 e. The third-order valence-electron chi connectivity index (χ3n) is 5.06. The van der Waals surface area contributed by atoms with Crippen molar-refractivity contribution < 1.29 is 31.1 Å². The minimum absolute atomic E-state index is 0.0649. The Morgan fingerprint density at radius 2 is 1.59 bits per heavy atom. The second kappa shape index (κ2) is 8.12. The van der Waals surface area contributed by atoms with Crippen LogP contribution in [0.3, 0.4) is 0 Å². The monoisotopic (exact) mass is 418 g/mol. The van der Waals surface area contributed by atoms with Crippen LogP contribution in [-0.4, -0.2) is 24.2 Å². The zero-order chi connectivity index (χ0) is 21.2. The SMILES string of the molecule is CC[C@H]1CN(c2ccc(C(F)(F)F)cn2)CC[C@H]1Oc1ccc(C(F)(F)F)cc1. The number of anilines is 1. The lowest BCUT2D eigenvalue weighted by Crippen LogP contribution is -2.45. The van der Waals surface area contributed by atoms with Gasteiger partial charge in [0, 0.05) is 31.6 Å². The summed E-state index contributed by atoms with van der Waals surface area (Å²) in [4.78, 5) is 5.84. The molecule has 1 aliphatic heterocycles. The minimum Gasteiger partial charge on any atom is -0.490 e. The van der Waals surface area contributed by atoms with Crippen LogP contribution in [0, 0.1) is 5.92 Å². The molecule has 0 amide bonds. The van der Waals surface area contributed by atoms with Crippen LogP contribution in [-0.2, 0) is 12.4 Å². The van der Waals surface area contributed by atoms with Crippen molar-refractivity contribution in [1.29, 1.82) is 0 Å². The van der Waals surface area contributed by atoms with Crippen molar-refractivity contribution in [2.45, 2.75) is 38.2 Å². The summed E-state index contributed by atoms with van der Waals surface area (Å²) in [6, 6.07) is 6.94. The molecule has 0 saturated carbocycles.